The molecule has 1 rings (SSSR count). The quantitative estimate of drug-likeness (QED) is 0.370. The van der Waals surface area contributed by atoms with E-state index in [1.54, 1.807) is 11.8 Å². The van der Waals surface area contributed by atoms with Crippen molar-refractivity contribution in [3.63, 3.8) is 0 Å². The van der Waals surface area contributed by atoms with Gasteiger partial charge in [0.2, 0.25) is 10.1 Å². The molecule has 10 heteroatoms. The number of halogens is 3. The van der Waals surface area contributed by atoms with Crippen LogP contribution in [0, 0.1) is 0 Å². The van der Waals surface area contributed by atoms with Gasteiger partial charge in [-0.3, -0.25) is 0 Å². The van der Waals surface area contributed by atoms with Crippen LogP contribution in [0.4, 0.5) is 18.3 Å². The predicted molar refractivity (Wildman–Crippen MR) is 60.8 cm³/mol. The van der Waals surface area contributed by atoms with Crippen molar-refractivity contribution in [2.75, 3.05) is 18.0 Å². The van der Waals surface area contributed by atoms with Crippen LogP contribution in [-0.2, 0) is 6.18 Å². The van der Waals surface area contributed by atoms with Gasteiger partial charge in [0.15, 0.2) is 0 Å². The summed E-state index contributed by atoms with van der Waals surface area (Å²) in [4.78, 5) is 1.57. The molecule has 0 amide bonds. The Morgan fingerprint density at radius 3 is 2.61 bits per heavy atom. The van der Waals surface area contributed by atoms with Gasteiger partial charge < -0.3 is 15.8 Å². The highest BCUT2D eigenvalue weighted by molar-refractivity contribution is 7.15. The smallest absolute Gasteiger partial charge is 0.409 e. The van der Waals surface area contributed by atoms with E-state index < -0.39 is 11.2 Å². The SMILES string of the molecule is CCN(CCC(N)=NO)c1nnc(C(F)(F)F)s1. The second-order valence-electron chi connectivity index (χ2n) is 3.31. The Balaban J connectivity index is 2.74. The minimum absolute atomic E-state index is 0.00834. The molecule has 18 heavy (non-hydrogen) atoms. The molecule has 0 aliphatic carbocycles. The molecule has 1 aromatic heterocycles. The molecule has 1 aromatic rings. The molecule has 0 radical (unpaired) electrons. The Bertz CT molecular complexity index is 419. The Kier molecular flexibility index (Phi) is 4.70. The number of oxime groups is 1. The summed E-state index contributed by atoms with van der Waals surface area (Å²) in [5.41, 5.74) is 5.29. The number of anilines is 1. The summed E-state index contributed by atoms with van der Waals surface area (Å²) >= 11 is 0.467. The van der Waals surface area contributed by atoms with Crippen molar-refractivity contribution in [3.8, 4) is 0 Å². The fraction of sp³-hybridized carbons (Fsp3) is 0.625. The van der Waals surface area contributed by atoms with Crippen LogP contribution in [-0.4, -0.2) is 34.3 Å². The number of hydrogen-bond acceptors (Lipinski definition) is 6. The molecule has 6 nitrogen and oxygen atoms in total. The minimum atomic E-state index is -4.49. The van der Waals surface area contributed by atoms with Crippen molar-refractivity contribution in [2.45, 2.75) is 19.5 Å². The van der Waals surface area contributed by atoms with E-state index in [1.807, 2.05) is 0 Å². The van der Waals surface area contributed by atoms with Crippen LogP contribution >= 0.6 is 11.3 Å². The van der Waals surface area contributed by atoms with Crippen molar-refractivity contribution < 1.29 is 18.4 Å². The number of amidine groups is 1. The fourth-order valence-electron chi connectivity index (χ4n) is 1.15. The maximum Gasteiger partial charge on any atom is 0.445 e. The second kappa shape index (κ2) is 5.85. The molecule has 0 saturated carbocycles. The van der Waals surface area contributed by atoms with E-state index in [9.17, 15) is 13.2 Å². The molecule has 0 aromatic carbocycles. The highest BCUT2D eigenvalue weighted by Gasteiger charge is 2.36. The van der Waals surface area contributed by atoms with Gasteiger partial charge >= 0.3 is 6.18 Å². The van der Waals surface area contributed by atoms with Gasteiger partial charge in [0.1, 0.15) is 5.84 Å². The molecule has 0 atom stereocenters. The normalized spacial score (nSPS) is 12.8. The summed E-state index contributed by atoms with van der Waals surface area (Å²) < 4.78 is 37.1. The third kappa shape index (κ3) is 3.72. The Morgan fingerprint density at radius 1 is 1.50 bits per heavy atom. The fourth-order valence-corrected chi connectivity index (χ4v) is 1.95. The first kappa shape index (κ1) is 14.5. The van der Waals surface area contributed by atoms with Crippen LogP contribution < -0.4 is 10.6 Å². The molecule has 0 unspecified atom stereocenters. The molecule has 0 bridgehead atoms. The highest BCUT2D eigenvalue weighted by atomic mass is 32.1. The maximum atomic E-state index is 12.4. The molecular weight excluding hydrogens is 271 g/mol. The molecule has 0 saturated heterocycles. The summed E-state index contributed by atoms with van der Waals surface area (Å²) in [5.74, 6) is 0.00834. The van der Waals surface area contributed by atoms with E-state index in [0.29, 0.717) is 24.4 Å². The Hall–Kier alpha value is -1.58. The molecule has 3 N–H and O–H groups in total. The van der Waals surface area contributed by atoms with Crippen molar-refractivity contribution in [1.29, 1.82) is 0 Å². The molecule has 1 heterocycles. The van der Waals surface area contributed by atoms with Crippen LogP contribution in [0.2, 0.25) is 0 Å². The zero-order valence-electron chi connectivity index (χ0n) is 9.48. The summed E-state index contributed by atoms with van der Waals surface area (Å²) in [7, 11) is 0. The number of nitrogens with two attached hydrogens (primary N) is 1. The van der Waals surface area contributed by atoms with Crippen LogP contribution in [0.25, 0.3) is 0 Å². The minimum Gasteiger partial charge on any atom is -0.409 e. The van der Waals surface area contributed by atoms with Gasteiger partial charge in [0.25, 0.3) is 0 Å². The highest BCUT2D eigenvalue weighted by Crippen LogP contribution is 2.34. The predicted octanol–water partition coefficient (Wildman–Crippen LogP) is 1.52. The lowest BCUT2D eigenvalue weighted by atomic mass is 10.4. The summed E-state index contributed by atoms with van der Waals surface area (Å²) in [6, 6.07) is 0. The lowest BCUT2D eigenvalue weighted by molar-refractivity contribution is -0.138. The lowest BCUT2D eigenvalue weighted by Gasteiger charge is -2.18. The zero-order valence-corrected chi connectivity index (χ0v) is 10.3. The Labute approximate surface area is 105 Å². The molecule has 0 aliphatic rings. The molecule has 0 fully saturated rings. The van der Waals surface area contributed by atoms with Crippen LogP contribution in [0.15, 0.2) is 5.16 Å². The molecular formula is C8H12F3N5OS. The standard InChI is InChI=1S/C8H12F3N5OS/c1-2-16(4-3-5(12)15-17)7-14-13-6(18-7)8(9,10)11/h17H,2-4H2,1H3,(H2,12,15). The topological polar surface area (TPSA) is 87.6 Å². The lowest BCUT2D eigenvalue weighted by Crippen LogP contribution is -2.27. The number of nitrogens with zero attached hydrogens (tertiary/aromatic N) is 4. The number of aromatic nitrogens is 2. The number of alkyl halides is 3. The summed E-state index contributed by atoms with van der Waals surface area (Å²) in [5, 5.41) is 16.9. The maximum absolute atomic E-state index is 12.4. The average Bonchev–Trinajstić information content (AvgIpc) is 2.78. The van der Waals surface area contributed by atoms with Gasteiger partial charge in [-0.2, -0.15) is 13.2 Å². The van der Waals surface area contributed by atoms with Gasteiger partial charge in [-0.15, -0.1) is 10.2 Å². The monoisotopic (exact) mass is 283 g/mol. The van der Waals surface area contributed by atoms with Gasteiger partial charge in [0, 0.05) is 19.5 Å². The summed E-state index contributed by atoms with van der Waals surface area (Å²) in [6.07, 6.45) is -4.26. The summed E-state index contributed by atoms with van der Waals surface area (Å²) in [6.45, 7) is 2.52. The number of rotatable bonds is 5. The molecule has 102 valence electrons. The van der Waals surface area contributed by atoms with Gasteiger partial charge in [-0.1, -0.05) is 16.5 Å². The molecule has 0 spiro atoms. The van der Waals surface area contributed by atoms with Gasteiger partial charge in [-0.05, 0) is 6.92 Å². The van der Waals surface area contributed by atoms with Gasteiger partial charge in [0.05, 0.1) is 0 Å². The van der Waals surface area contributed by atoms with E-state index in [2.05, 4.69) is 15.4 Å². The van der Waals surface area contributed by atoms with Crippen molar-refractivity contribution >= 4 is 22.3 Å². The average molecular weight is 283 g/mol. The van der Waals surface area contributed by atoms with Crippen molar-refractivity contribution in [2.24, 2.45) is 10.9 Å². The van der Waals surface area contributed by atoms with E-state index >= 15 is 0 Å². The first-order valence-corrected chi connectivity index (χ1v) is 5.82. The van der Waals surface area contributed by atoms with Crippen molar-refractivity contribution in [3.05, 3.63) is 5.01 Å². The third-order valence-electron chi connectivity index (χ3n) is 2.08. The first-order chi connectivity index (χ1) is 8.38. The zero-order chi connectivity index (χ0) is 13.8. The largest absolute Gasteiger partial charge is 0.445 e. The van der Waals surface area contributed by atoms with E-state index in [4.69, 9.17) is 10.9 Å². The molecule has 0 aliphatic heterocycles. The van der Waals surface area contributed by atoms with E-state index in [0.717, 1.165) is 0 Å². The van der Waals surface area contributed by atoms with Gasteiger partial charge in [-0.25, -0.2) is 0 Å². The van der Waals surface area contributed by atoms with Crippen LogP contribution in [0.5, 0.6) is 0 Å². The Morgan fingerprint density at radius 2 is 2.17 bits per heavy atom. The second-order valence-corrected chi connectivity index (χ2v) is 4.26. The third-order valence-corrected chi connectivity index (χ3v) is 3.10. The van der Waals surface area contributed by atoms with E-state index in [1.165, 1.54) is 0 Å². The van der Waals surface area contributed by atoms with Crippen LogP contribution in [0.1, 0.15) is 18.4 Å². The van der Waals surface area contributed by atoms with Crippen LogP contribution in [0.3, 0.4) is 0 Å². The van der Waals surface area contributed by atoms with E-state index in [-0.39, 0.29) is 17.4 Å². The number of hydrogen-bond donors (Lipinski definition) is 2. The van der Waals surface area contributed by atoms with Crippen molar-refractivity contribution in [1.82, 2.24) is 10.2 Å². The first-order valence-electron chi connectivity index (χ1n) is 5.00.